The van der Waals surface area contributed by atoms with Gasteiger partial charge in [0.1, 0.15) is 11.5 Å². The van der Waals surface area contributed by atoms with E-state index >= 15 is 0 Å². The number of amides is 2. The molecular formula is C21H19FN4O2. The van der Waals surface area contributed by atoms with E-state index in [-0.39, 0.29) is 17.4 Å². The molecule has 1 fully saturated rings. The topological polar surface area (TPSA) is 69.3 Å². The van der Waals surface area contributed by atoms with Crippen molar-refractivity contribution >= 4 is 11.8 Å². The van der Waals surface area contributed by atoms with Crippen LogP contribution < -0.4 is 0 Å². The summed E-state index contributed by atoms with van der Waals surface area (Å²) in [5, 5.41) is 7.01. The number of hydrogen-bond donors (Lipinski definition) is 1. The maximum Gasteiger partial charge on any atom is 0.272 e. The molecule has 0 saturated carbocycles. The van der Waals surface area contributed by atoms with Gasteiger partial charge in [-0.2, -0.15) is 5.10 Å². The fourth-order valence-electron chi connectivity index (χ4n) is 3.28. The standard InChI is InChI=1S/C21H19FN4O2/c22-17-9-5-4-8-16(17)20(27)25-10-12-26(13-11-25)21(28)19-14-18(23-24-19)15-6-2-1-3-7-15/h1-9,14H,10-13H2,(H,23,24). The summed E-state index contributed by atoms with van der Waals surface area (Å²) >= 11 is 0. The van der Waals surface area contributed by atoms with E-state index in [0.717, 1.165) is 5.56 Å². The zero-order valence-corrected chi connectivity index (χ0v) is 15.1. The maximum atomic E-state index is 13.8. The lowest BCUT2D eigenvalue weighted by atomic mass is 10.1. The van der Waals surface area contributed by atoms with Crippen molar-refractivity contribution in [2.24, 2.45) is 0 Å². The second-order valence-electron chi connectivity index (χ2n) is 6.60. The molecule has 0 unspecified atom stereocenters. The van der Waals surface area contributed by atoms with Crippen LogP contribution in [0.4, 0.5) is 4.39 Å². The number of nitrogens with zero attached hydrogens (tertiary/aromatic N) is 3. The van der Waals surface area contributed by atoms with Crippen LogP contribution in [0.5, 0.6) is 0 Å². The van der Waals surface area contributed by atoms with E-state index in [1.165, 1.54) is 12.1 Å². The highest BCUT2D eigenvalue weighted by atomic mass is 19.1. The lowest BCUT2D eigenvalue weighted by Gasteiger charge is -2.34. The van der Waals surface area contributed by atoms with E-state index in [0.29, 0.717) is 37.6 Å². The average molecular weight is 378 g/mol. The predicted molar refractivity (Wildman–Crippen MR) is 102 cm³/mol. The van der Waals surface area contributed by atoms with Crippen molar-refractivity contribution in [3.05, 3.63) is 77.7 Å². The van der Waals surface area contributed by atoms with Crippen LogP contribution in [0.2, 0.25) is 0 Å². The molecule has 1 aromatic heterocycles. The van der Waals surface area contributed by atoms with Crippen molar-refractivity contribution in [2.75, 3.05) is 26.2 Å². The summed E-state index contributed by atoms with van der Waals surface area (Å²) in [6.45, 7) is 1.49. The minimum Gasteiger partial charge on any atom is -0.335 e. The number of carbonyl (C=O) groups excluding carboxylic acids is 2. The quantitative estimate of drug-likeness (QED) is 0.762. The maximum absolute atomic E-state index is 13.8. The van der Waals surface area contributed by atoms with Crippen LogP contribution in [0.25, 0.3) is 11.3 Å². The van der Waals surface area contributed by atoms with Gasteiger partial charge in [-0.1, -0.05) is 42.5 Å². The molecule has 28 heavy (non-hydrogen) atoms. The Bertz CT molecular complexity index is 994. The molecule has 0 atom stereocenters. The highest BCUT2D eigenvalue weighted by Crippen LogP contribution is 2.19. The Balaban J connectivity index is 1.40. The summed E-state index contributed by atoms with van der Waals surface area (Å²) in [4.78, 5) is 28.5. The molecule has 1 saturated heterocycles. The van der Waals surface area contributed by atoms with Crippen LogP contribution in [-0.4, -0.2) is 58.0 Å². The smallest absolute Gasteiger partial charge is 0.272 e. The first kappa shape index (κ1) is 17.9. The molecule has 7 heteroatoms. The lowest BCUT2D eigenvalue weighted by molar-refractivity contribution is 0.0529. The highest BCUT2D eigenvalue weighted by Gasteiger charge is 2.27. The van der Waals surface area contributed by atoms with Crippen LogP contribution in [0.3, 0.4) is 0 Å². The Labute approximate surface area is 161 Å². The number of benzene rings is 2. The van der Waals surface area contributed by atoms with Crippen LogP contribution >= 0.6 is 0 Å². The van der Waals surface area contributed by atoms with Crippen molar-refractivity contribution in [3.63, 3.8) is 0 Å². The molecular weight excluding hydrogens is 359 g/mol. The van der Waals surface area contributed by atoms with Crippen molar-refractivity contribution < 1.29 is 14.0 Å². The largest absolute Gasteiger partial charge is 0.335 e. The molecule has 2 aromatic carbocycles. The van der Waals surface area contributed by atoms with Gasteiger partial charge >= 0.3 is 0 Å². The summed E-state index contributed by atoms with van der Waals surface area (Å²) in [5.74, 6) is -1.04. The first-order valence-corrected chi connectivity index (χ1v) is 9.07. The fraction of sp³-hybridized carbons (Fsp3) is 0.190. The molecule has 1 aliphatic heterocycles. The van der Waals surface area contributed by atoms with Crippen LogP contribution in [0.1, 0.15) is 20.8 Å². The van der Waals surface area contributed by atoms with Gasteiger partial charge in [0.05, 0.1) is 11.3 Å². The molecule has 0 bridgehead atoms. The Morgan fingerprint density at radius 2 is 1.46 bits per heavy atom. The number of hydrogen-bond acceptors (Lipinski definition) is 3. The summed E-state index contributed by atoms with van der Waals surface area (Å²) in [7, 11) is 0. The third-order valence-corrected chi connectivity index (χ3v) is 4.84. The molecule has 0 aliphatic carbocycles. The van der Waals surface area contributed by atoms with Gasteiger partial charge in [0.2, 0.25) is 0 Å². The SMILES string of the molecule is O=C(c1cc(-c2ccccc2)n[nH]1)N1CCN(C(=O)c2ccccc2F)CC1. The van der Waals surface area contributed by atoms with E-state index < -0.39 is 5.82 Å². The third kappa shape index (κ3) is 3.51. The lowest BCUT2D eigenvalue weighted by Crippen LogP contribution is -2.50. The number of carbonyl (C=O) groups is 2. The highest BCUT2D eigenvalue weighted by molar-refractivity contribution is 5.95. The van der Waals surface area contributed by atoms with Crippen molar-refractivity contribution in [2.45, 2.75) is 0 Å². The van der Waals surface area contributed by atoms with Crippen LogP contribution in [0, 0.1) is 5.82 Å². The molecule has 2 amide bonds. The molecule has 4 rings (SSSR count). The number of aromatic amines is 1. The summed E-state index contributed by atoms with van der Waals surface area (Å²) in [6, 6.07) is 17.3. The molecule has 1 N–H and O–H groups in total. The number of halogens is 1. The molecule has 6 nitrogen and oxygen atoms in total. The second kappa shape index (κ2) is 7.64. The Kier molecular flexibility index (Phi) is 4.89. The van der Waals surface area contributed by atoms with Gasteiger partial charge in [0.15, 0.2) is 0 Å². The van der Waals surface area contributed by atoms with Gasteiger partial charge < -0.3 is 9.80 Å². The first-order valence-electron chi connectivity index (χ1n) is 9.07. The van der Waals surface area contributed by atoms with E-state index in [1.807, 2.05) is 30.3 Å². The van der Waals surface area contributed by atoms with Crippen LogP contribution in [0.15, 0.2) is 60.7 Å². The Morgan fingerprint density at radius 1 is 0.857 bits per heavy atom. The molecule has 142 valence electrons. The number of H-pyrrole nitrogens is 1. The molecule has 1 aliphatic rings. The Morgan fingerprint density at radius 3 is 2.14 bits per heavy atom. The minimum atomic E-state index is -0.531. The number of nitrogens with one attached hydrogen (secondary N) is 1. The summed E-state index contributed by atoms with van der Waals surface area (Å²) < 4.78 is 13.8. The van der Waals surface area contributed by atoms with E-state index in [2.05, 4.69) is 10.2 Å². The average Bonchev–Trinajstić information content (AvgIpc) is 3.24. The zero-order chi connectivity index (χ0) is 19.5. The monoisotopic (exact) mass is 378 g/mol. The van der Waals surface area contributed by atoms with Crippen molar-refractivity contribution in [3.8, 4) is 11.3 Å². The Hall–Kier alpha value is -3.48. The molecule has 0 radical (unpaired) electrons. The van der Waals surface area contributed by atoms with Crippen molar-refractivity contribution in [1.82, 2.24) is 20.0 Å². The van der Waals surface area contributed by atoms with Gasteiger partial charge in [0, 0.05) is 31.7 Å². The predicted octanol–water partition coefficient (Wildman–Crippen LogP) is 2.81. The summed E-state index contributed by atoms with van der Waals surface area (Å²) in [6.07, 6.45) is 0. The van der Waals surface area contributed by atoms with Crippen LogP contribution in [-0.2, 0) is 0 Å². The van der Waals surface area contributed by atoms with E-state index in [4.69, 9.17) is 0 Å². The van der Waals surface area contributed by atoms with Gasteiger partial charge in [0.25, 0.3) is 11.8 Å². The number of piperazine rings is 1. The second-order valence-corrected chi connectivity index (χ2v) is 6.60. The normalized spacial score (nSPS) is 14.2. The van der Waals surface area contributed by atoms with Crippen molar-refractivity contribution in [1.29, 1.82) is 0 Å². The minimum absolute atomic E-state index is 0.0587. The number of aromatic nitrogens is 2. The van der Waals surface area contributed by atoms with E-state index in [9.17, 15) is 14.0 Å². The molecule has 2 heterocycles. The van der Waals surface area contributed by atoms with Gasteiger partial charge in [-0.25, -0.2) is 4.39 Å². The molecule has 3 aromatic rings. The zero-order valence-electron chi connectivity index (χ0n) is 15.1. The van der Waals surface area contributed by atoms with Gasteiger partial charge in [-0.05, 0) is 18.2 Å². The van der Waals surface area contributed by atoms with Gasteiger partial charge in [-0.3, -0.25) is 14.7 Å². The fourth-order valence-corrected chi connectivity index (χ4v) is 3.28. The summed E-state index contributed by atoms with van der Waals surface area (Å²) in [5.41, 5.74) is 2.10. The number of rotatable bonds is 3. The molecule has 0 spiro atoms. The van der Waals surface area contributed by atoms with Gasteiger partial charge in [-0.15, -0.1) is 0 Å². The first-order chi connectivity index (χ1) is 13.6. The van der Waals surface area contributed by atoms with E-state index in [1.54, 1.807) is 28.0 Å². The third-order valence-electron chi connectivity index (χ3n) is 4.84.